The smallest absolute Gasteiger partial charge is 0.339 e. The molecule has 2 aromatic rings. The lowest BCUT2D eigenvalue weighted by molar-refractivity contribution is -0.135. The highest BCUT2D eigenvalue weighted by atomic mass is 32.2. The topological polar surface area (TPSA) is 217 Å². The Balaban J connectivity index is 0.000000367. The van der Waals surface area contributed by atoms with Gasteiger partial charge in [0, 0.05) is 37.0 Å². The number of aromatic nitrogens is 2. The number of aliphatic carboxylic acids is 1. The van der Waals surface area contributed by atoms with Crippen LogP contribution < -0.4 is 10.9 Å². The first-order chi connectivity index (χ1) is 16.1. The van der Waals surface area contributed by atoms with E-state index in [1.54, 1.807) is 6.92 Å². The lowest BCUT2D eigenvalue weighted by atomic mass is 9.93. The Bertz CT molecular complexity index is 1370. The van der Waals surface area contributed by atoms with Gasteiger partial charge in [0.25, 0.3) is 5.56 Å². The van der Waals surface area contributed by atoms with Gasteiger partial charge < -0.3 is 24.8 Å². The minimum Gasteiger partial charge on any atom is -0.480 e. The molecule has 1 aliphatic heterocycles. The van der Waals surface area contributed by atoms with Gasteiger partial charge in [0.1, 0.15) is 12.2 Å². The van der Waals surface area contributed by atoms with Crippen LogP contribution in [0.15, 0.2) is 33.2 Å². The van der Waals surface area contributed by atoms with Crippen molar-refractivity contribution in [3.05, 3.63) is 50.9 Å². The molecule has 0 unspecified atom stereocenters. The molecule has 0 bridgehead atoms. The van der Waals surface area contributed by atoms with Crippen molar-refractivity contribution in [1.82, 2.24) is 15.1 Å². The number of carboxylic acids is 1. The van der Waals surface area contributed by atoms with Crippen LogP contribution in [-0.4, -0.2) is 76.2 Å². The third-order valence-corrected chi connectivity index (χ3v) is 6.52. The number of benzene rings is 1. The number of H-pyrrole nitrogens is 1. The van der Waals surface area contributed by atoms with E-state index in [1.165, 1.54) is 30.1 Å². The van der Waals surface area contributed by atoms with Crippen LogP contribution in [0, 0.1) is 6.92 Å². The molecule has 14 nitrogen and oxygen atoms in total. The lowest BCUT2D eigenvalue weighted by Gasteiger charge is -2.13. The van der Waals surface area contributed by atoms with Gasteiger partial charge in [0.15, 0.2) is 15.6 Å². The molecular formula is C19H25N4O10PS. The molecule has 0 saturated heterocycles. The van der Waals surface area contributed by atoms with Crippen molar-refractivity contribution >= 4 is 34.9 Å². The Morgan fingerprint density at radius 2 is 1.94 bits per heavy atom. The summed E-state index contributed by atoms with van der Waals surface area (Å²) in [5.74, 6) is -1.62. The Hall–Kier alpha value is -3.10. The Morgan fingerprint density at radius 3 is 2.40 bits per heavy atom. The number of aromatic amines is 1. The number of carbonyl (C=O) groups excluding carboxylic acids is 1. The van der Waals surface area contributed by atoms with E-state index in [0.29, 0.717) is 29.9 Å². The molecule has 2 heterocycles. The molecule has 0 aliphatic carbocycles. The fourth-order valence-corrected chi connectivity index (χ4v) is 4.52. The number of ketones is 1. The number of sulfone groups is 1. The van der Waals surface area contributed by atoms with E-state index in [0.717, 1.165) is 6.26 Å². The molecule has 5 N–H and O–H groups in total. The Morgan fingerprint density at radius 1 is 1.29 bits per heavy atom. The van der Waals surface area contributed by atoms with Gasteiger partial charge in [-0.05, 0) is 24.6 Å². The van der Waals surface area contributed by atoms with Gasteiger partial charge in [-0.15, -0.1) is 0 Å². The molecule has 192 valence electrons. The first-order valence-electron chi connectivity index (χ1n) is 9.92. The average Bonchev–Trinajstić information content (AvgIpc) is 3.36. The zero-order valence-corrected chi connectivity index (χ0v) is 20.7. The van der Waals surface area contributed by atoms with Crippen molar-refractivity contribution in [2.75, 3.05) is 25.7 Å². The number of carbonyl (C=O) groups is 2. The van der Waals surface area contributed by atoms with Crippen LogP contribution in [0.5, 0.6) is 0 Å². The van der Waals surface area contributed by atoms with Crippen molar-refractivity contribution in [3.63, 3.8) is 0 Å². The summed E-state index contributed by atoms with van der Waals surface area (Å²) in [4.78, 5) is 56.0. The van der Waals surface area contributed by atoms with E-state index < -0.39 is 47.6 Å². The van der Waals surface area contributed by atoms with Crippen LogP contribution in [0.4, 0.5) is 0 Å². The first-order valence-corrected chi connectivity index (χ1v) is 13.6. The predicted molar refractivity (Wildman–Crippen MR) is 123 cm³/mol. The number of nitrogens with one attached hydrogen (secondary N) is 2. The van der Waals surface area contributed by atoms with Gasteiger partial charge in [-0.25, -0.2) is 8.42 Å². The second-order valence-electron chi connectivity index (χ2n) is 7.53. The predicted octanol–water partition coefficient (Wildman–Crippen LogP) is -0.423. The SMILES string of the molecule is Cc1c(C(=O)c2c[nH]n(C)c2=O)ccc(S(C)(=O)=O)c1C1=NOCC1.O=C(O)CNCP(=O)(O)O. The zero-order valence-electron chi connectivity index (χ0n) is 19.0. The molecule has 1 aliphatic rings. The number of rotatable bonds is 8. The van der Waals surface area contributed by atoms with Crippen molar-refractivity contribution < 1.29 is 42.3 Å². The van der Waals surface area contributed by atoms with Crippen molar-refractivity contribution in [3.8, 4) is 0 Å². The summed E-state index contributed by atoms with van der Waals surface area (Å²) in [6.45, 7) is 1.56. The van der Waals surface area contributed by atoms with Crippen molar-refractivity contribution in [2.45, 2.75) is 18.2 Å². The number of carboxylic acid groups (broad SMARTS) is 1. The van der Waals surface area contributed by atoms with Crippen LogP contribution in [0.2, 0.25) is 0 Å². The minimum absolute atomic E-state index is 0.00623. The summed E-state index contributed by atoms with van der Waals surface area (Å²) in [5.41, 5.74) is 1.12. The molecule has 35 heavy (non-hydrogen) atoms. The van der Waals surface area contributed by atoms with Crippen LogP contribution in [0.25, 0.3) is 0 Å². The zero-order chi connectivity index (χ0) is 26.6. The molecule has 16 heteroatoms. The summed E-state index contributed by atoms with van der Waals surface area (Å²) < 4.78 is 35.5. The van der Waals surface area contributed by atoms with Crippen LogP contribution in [-0.2, 0) is 31.1 Å². The highest BCUT2D eigenvalue weighted by molar-refractivity contribution is 7.90. The van der Waals surface area contributed by atoms with Crippen LogP contribution in [0.1, 0.15) is 33.5 Å². The van der Waals surface area contributed by atoms with Crippen molar-refractivity contribution in [2.24, 2.45) is 12.2 Å². The van der Waals surface area contributed by atoms with Gasteiger partial charge in [-0.2, -0.15) is 0 Å². The van der Waals surface area contributed by atoms with Gasteiger partial charge in [-0.3, -0.25) is 28.9 Å². The number of aryl methyl sites for hydroxylation is 1. The molecule has 0 radical (unpaired) electrons. The van der Waals surface area contributed by atoms with Gasteiger partial charge in [0.2, 0.25) is 0 Å². The third kappa shape index (κ3) is 7.44. The highest BCUT2D eigenvalue weighted by Crippen LogP contribution is 2.31. The summed E-state index contributed by atoms with van der Waals surface area (Å²) in [7, 11) is -6.11. The molecule has 0 saturated carbocycles. The number of hydrogen-bond donors (Lipinski definition) is 5. The third-order valence-electron chi connectivity index (χ3n) is 4.74. The molecule has 0 atom stereocenters. The quantitative estimate of drug-likeness (QED) is 0.217. The van der Waals surface area contributed by atoms with Crippen LogP contribution >= 0.6 is 7.60 Å². The standard InChI is InChI=1S/C16H17N3O5S.C3H8NO5P/c1-9-10(15(20)11-8-17-19(2)16(11)21)4-5-13(25(3,22)23)14(9)12-6-7-24-18-12;5-3(6)1-4-2-10(7,8)9/h4-5,8,17H,6-7H2,1-3H3;4H,1-2H2,(H,5,6)(H2,7,8,9). The first kappa shape index (κ1) is 28.1. The fourth-order valence-electron chi connectivity index (χ4n) is 3.16. The van der Waals surface area contributed by atoms with E-state index in [2.05, 4.69) is 15.6 Å². The van der Waals surface area contributed by atoms with Gasteiger partial charge in [-0.1, -0.05) is 5.16 Å². The van der Waals surface area contributed by atoms with E-state index in [-0.39, 0.29) is 16.0 Å². The summed E-state index contributed by atoms with van der Waals surface area (Å²) in [5, 5.41) is 16.6. The molecule has 1 aromatic carbocycles. The van der Waals surface area contributed by atoms with Gasteiger partial charge >= 0.3 is 13.6 Å². The Labute approximate surface area is 199 Å². The van der Waals surface area contributed by atoms with E-state index in [4.69, 9.17) is 19.7 Å². The molecule has 1 aromatic heterocycles. The van der Waals surface area contributed by atoms with Crippen molar-refractivity contribution in [1.29, 1.82) is 0 Å². The molecular weight excluding hydrogens is 507 g/mol. The second-order valence-corrected chi connectivity index (χ2v) is 11.2. The second kappa shape index (κ2) is 11.1. The molecule has 0 fully saturated rings. The summed E-state index contributed by atoms with van der Waals surface area (Å²) in [6, 6.07) is 2.81. The van der Waals surface area contributed by atoms with E-state index >= 15 is 0 Å². The minimum atomic E-state index is -4.10. The Kier molecular flexibility index (Phi) is 8.92. The normalized spacial score (nSPS) is 13.5. The van der Waals surface area contributed by atoms with Crippen LogP contribution in [0.3, 0.4) is 0 Å². The maximum Gasteiger partial charge on any atom is 0.339 e. The monoisotopic (exact) mass is 532 g/mol. The summed E-state index contributed by atoms with van der Waals surface area (Å²) >= 11 is 0. The molecule has 0 spiro atoms. The fraction of sp³-hybridized carbons (Fsp3) is 0.368. The maximum atomic E-state index is 12.8. The average molecular weight is 532 g/mol. The maximum absolute atomic E-state index is 12.8. The largest absolute Gasteiger partial charge is 0.480 e. The van der Waals surface area contributed by atoms with Gasteiger partial charge in [0.05, 0.1) is 23.4 Å². The molecule has 3 rings (SSSR count). The van der Waals surface area contributed by atoms with E-state index in [1.807, 2.05) is 0 Å². The summed E-state index contributed by atoms with van der Waals surface area (Å²) in [6.07, 6.45) is 2.29. The van der Waals surface area contributed by atoms with E-state index in [9.17, 15) is 27.4 Å². The number of nitrogens with zero attached hydrogens (tertiary/aromatic N) is 2. The molecule has 0 amide bonds. The lowest BCUT2D eigenvalue weighted by Crippen LogP contribution is -2.23. The number of hydrogen-bond acceptors (Lipinski definition) is 9. The highest BCUT2D eigenvalue weighted by Gasteiger charge is 2.27. The number of oxime groups is 1.